The van der Waals surface area contributed by atoms with Gasteiger partial charge in [-0.15, -0.1) is 27.0 Å². The molecule has 0 aliphatic rings. The third-order valence-electron chi connectivity index (χ3n) is 5.17. The number of fused-ring (bicyclic) bond motifs is 3. The number of aryl methyl sites for hydroxylation is 1. The topological polar surface area (TPSA) is 82.9 Å². The minimum atomic E-state index is -0.363. The molecular formula is C22H18FN7OS. The highest BCUT2D eigenvalue weighted by Crippen LogP contribution is 2.28. The Morgan fingerprint density at radius 3 is 2.66 bits per heavy atom. The third-order valence-corrected chi connectivity index (χ3v) is 6.13. The molecule has 10 heteroatoms. The maximum Gasteiger partial charge on any atom is 0.262 e. The lowest BCUT2D eigenvalue weighted by molar-refractivity contribution is 0.626. The highest BCUT2D eigenvalue weighted by atomic mass is 32.2. The number of allylic oxidation sites excluding steroid dienone is 1. The predicted octanol–water partition coefficient (Wildman–Crippen LogP) is 3.46. The molecule has 0 fully saturated rings. The predicted molar refractivity (Wildman–Crippen MR) is 121 cm³/mol. The Kier molecular flexibility index (Phi) is 5.06. The molecule has 0 N–H and O–H groups in total. The van der Waals surface area contributed by atoms with E-state index in [1.165, 1.54) is 22.4 Å². The first-order valence-electron chi connectivity index (χ1n) is 9.83. The number of halogens is 1. The van der Waals surface area contributed by atoms with Crippen molar-refractivity contribution in [1.82, 2.24) is 33.9 Å². The number of hydrogen-bond acceptors (Lipinski definition) is 6. The molecule has 0 aliphatic heterocycles. The molecule has 32 heavy (non-hydrogen) atoms. The minimum Gasteiger partial charge on any atom is -0.298 e. The molecule has 0 atom stereocenters. The van der Waals surface area contributed by atoms with Crippen LogP contribution in [0.2, 0.25) is 0 Å². The highest BCUT2D eigenvalue weighted by Gasteiger charge is 2.19. The summed E-state index contributed by atoms with van der Waals surface area (Å²) in [7, 11) is 1.68. The van der Waals surface area contributed by atoms with Gasteiger partial charge in [0.25, 0.3) is 5.56 Å². The van der Waals surface area contributed by atoms with Crippen LogP contribution in [0.4, 0.5) is 4.39 Å². The number of rotatable bonds is 6. The maximum atomic E-state index is 14.3. The van der Waals surface area contributed by atoms with E-state index in [-0.39, 0.29) is 11.4 Å². The molecule has 0 spiro atoms. The van der Waals surface area contributed by atoms with E-state index in [2.05, 4.69) is 27.0 Å². The first-order chi connectivity index (χ1) is 15.6. The van der Waals surface area contributed by atoms with Gasteiger partial charge in [-0.1, -0.05) is 42.1 Å². The van der Waals surface area contributed by atoms with E-state index in [1.807, 2.05) is 27.2 Å². The zero-order valence-electron chi connectivity index (χ0n) is 17.1. The van der Waals surface area contributed by atoms with Gasteiger partial charge in [0, 0.05) is 13.6 Å². The summed E-state index contributed by atoms with van der Waals surface area (Å²) < 4.78 is 19.5. The molecule has 2 aromatic carbocycles. The van der Waals surface area contributed by atoms with E-state index in [0.29, 0.717) is 45.8 Å². The number of hydrogen-bond donors (Lipinski definition) is 0. The van der Waals surface area contributed by atoms with E-state index in [9.17, 15) is 9.18 Å². The summed E-state index contributed by atoms with van der Waals surface area (Å²) in [4.78, 5) is 12.6. The maximum absolute atomic E-state index is 14.3. The van der Waals surface area contributed by atoms with E-state index in [0.717, 1.165) is 5.52 Å². The molecule has 0 bridgehead atoms. The highest BCUT2D eigenvalue weighted by molar-refractivity contribution is 7.98. The third kappa shape index (κ3) is 3.19. The van der Waals surface area contributed by atoms with Gasteiger partial charge in [0.15, 0.2) is 11.0 Å². The number of thioether (sulfide) groups is 1. The van der Waals surface area contributed by atoms with Crippen molar-refractivity contribution in [2.45, 2.75) is 17.5 Å². The average Bonchev–Trinajstić information content (AvgIpc) is 3.41. The molecule has 8 nitrogen and oxygen atoms in total. The van der Waals surface area contributed by atoms with Crippen LogP contribution in [0.25, 0.3) is 28.1 Å². The normalized spacial score (nSPS) is 11.4. The van der Waals surface area contributed by atoms with Crippen LogP contribution >= 0.6 is 11.8 Å². The lowest BCUT2D eigenvalue weighted by Gasteiger charge is -2.09. The van der Waals surface area contributed by atoms with Gasteiger partial charge in [-0.3, -0.25) is 18.3 Å². The van der Waals surface area contributed by atoms with Crippen LogP contribution in [-0.2, 0) is 19.3 Å². The second kappa shape index (κ2) is 8.04. The van der Waals surface area contributed by atoms with Gasteiger partial charge in [0.2, 0.25) is 5.78 Å². The van der Waals surface area contributed by atoms with Crippen molar-refractivity contribution in [1.29, 1.82) is 0 Å². The Morgan fingerprint density at radius 1 is 1.06 bits per heavy atom. The molecule has 0 aliphatic carbocycles. The second-order valence-corrected chi connectivity index (χ2v) is 8.05. The average molecular weight is 447 g/mol. The summed E-state index contributed by atoms with van der Waals surface area (Å²) in [5.41, 5.74) is 0.994. The summed E-state index contributed by atoms with van der Waals surface area (Å²) in [5, 5.41) is 18.2. The van der Waals surface area contributed by atoms with Crippen LogP contribution in [0.5, 0.6) is 0 Å². The Hall–Kier alpha value is -3.79. The molecule has 5 rings (SSSR count). The standard InChI is InChI=1S/C22H18FN7OS/c1-3-12-29-19(14-8-4-6-10-16(14)23)25-27-22(29)32-13-18-24-26-21-28(2)20(31)15-9-5-7-11-17(15)30(18)21/h3-11H,1,12-13H2,2H3. The van der Waals surface area contributed by atoms with Gasteiger partial charge in [0.1, 0.15) is 11.6 Å². The summed E-state index contributed by atoms with van der Waals surface area (Å²) in [6.07, 6.45) is 1.72. The SMILES string of the molecule is C=CCn1c(SCc2nnc3n(C)c(=O)c4ccccc4n23)nnc1-c1ccccc1F. The lowest BCUT2D eigenvalue weighted by atomic mass is 10.2. The monoisotopic (exact) mass is 447 g/mol. The summed E-state index contributed by atoms with van der Waals surface area (Å²) in [6, 6.07) is 13.8. The molecule has 3 heterocycles. The Labute approximate surface area is 186 Å². The van der Waals surface area contributed by atoms with Crippen LogP contribution in [0.15, 0.2) is 71.1 Å². The molecule has 160 valence electrons. The number of aromatic nitrogens is 7. The number of benzene rings is 2. The largest absolute Gasteiger partial charge is 0.298 e. The van der Waals surface area contributed by atoms with Crippen molar-refractivity contribution in [2.75, 3.05) is 0 Å². The Bertz CT molecular complexity index is 1530. The van der Waals surface area contributed by atoms with Crippen molar-refractivity contribution in [2.24, 2.45) is 7.05 Å². The van der Waals surface area contributed by atoms with Crippen LogP contribution in [0.3, 0.4) is 0 Å². The van der Waals surface area contributed by atoms with Gasteiger partial charge in [-0.05, 0) is 24.3 Å². The zero-order valence-corrected chi connectivity index (χ0v) is 18.0. The fourth-order valence-corrected chi connectivity index (χ4v) is 4.51. The van der Waals surface area contributed by atoms with Crippen LogP contribution in [0, 0.1) is 5.82 Å². The molecule has 0 saturated carbocycles. The zero-order chi connectivity index (χ0) is 22.2. The summed E-state index contributed by atoms with van der Waals surface area (Å²) >= 11 is 1.41. The smallest absolute Gasteiger partial charge is 0.262 e. The van der Waals surface area contributed by atoms with Gasteiger partial charge < -0.3 is 0 Å². The quantitative estimate of drug-likeness (QED) is 0.293. The van der Waals surface area contributed by atoms with E-state index >= 15 is 0 Å². The second-order valence-electron chi connectivity index (χ2n) is 7.11. The molecular weight excluding hydrogens is 429 g/mol. The van der Waals surface area contributed by atoms with Crippen molar-refractivity contribution < 1.29 is 4.39 Å². The van der Waals surface area contributed by atoms with Gasteiger partial charge in [0.05, 0.1) is 22.2 Å². The molecule has 0 saturated heterocycles. The van der Waals surface area contributed by atoms with Crippen LogP contribution in [0.1, 0.15) is 5.82 Å². The van der Waals surface area contributed by atoms with Crippen molar-refractivity contribution >= 4 is 28.4 Å². The molecule has 5 aromatic rings. The van der Waals surface area contributed by atoms with Crippen molar-refractivity contribution in [3.05, 3.63) is 83.2 Å². The molecule has 0 radical (unpaired) electrons. The van der Waals surface area contributed by atoms with E-state index in [1.54, 1.807) is 37.4 Å². The Balaban J connectivity index is 1.55. The molecule has 0 unspecified atom stereocenters. The fraction of sp³-hybridized carbons (Fsp3) is 0.136. The molecule has 3 aromatic heterocycles. The van der Waals surface area contributed by atoms with Gasteiger partial charge in [-0.25, -0.2) is 4.39 Å². The minimum absolute atomic E-state index is 0.125. The van der Waals surface area contributed by atoms with Crippen LogP contribution in [-0.4, -0.2) is 33.9 Å². The first-order valence-corrected chi connectivity index (χ1v) is 10.8. The van der Waals surface area contributed by atoms with E-state index < -0.39 is 0 Å². The summed E-state index contributed by atoms with van der Waals surface area (Å²) in [6.45, 7) is 4.23. The van der Waals surface area contributed by atoms with Gasteiger partial charge in [-0.2, -0.15) is 0 Å². The van der Waals surface area contributed by atoms with Gasteiger partial charge >= 0.3 is 0 Å². The van der Waals surface area contributed by atoms with Crippen molar-refractivity contribution in [3.63, 3.8) is 0 Å². The number of para-hydroxylation sites is 1. The lowest BCUT2D eigenvalue weighted by Crippen LogP contribution is -2.20. The van der Waals surface area contributed by atoms with Crippen LogP contribution < -0.4 is 5.56 Å². The van der Waals surface area contributed by atoms with Crippen molar-refractivity contribution in [3.8, 4) is 11.4 Å². The number of nitrogens with zero attached hydrogens (tertiary/aromatic N) is 7. The summed E-state index contributed by atoms with van der Waals surface area (Å²) in [5.74, 6) is 1.62. The first kappa shape index (κ1) is 20.1. The molecule has 0 amide bonds. The Morgan fingerprint density at radius 2 is 1.84 bits per heavy atom. The fourth-order valence-electron chi connectivity index (χ4n) is 3.65. The van der Waals surface area contributed by atoms with E-state index in [4.69, 9.17) is 0 Å².